The first-order chi connectivity index (χ1) is 14.3. The van der Waals surface area contributed by atoms with E-state index in [1.54, 1.807) is 22.7 Å². The van der Waals surface area contributed by atoms with Crippen LogP contribution in [0.15, 0.2) is 94.1 Å². The summed E-state index contributed by atoms with van der Waals surface area (Å²) in [5.41, 5.74) is 6.47. The molecule has 7 heteroatoms. The summed E-state index contributed by atoms with van der Waals surface area (Å²) in [6, 6.07) is 29.0. The molecule has 0 amide bonds. The van der Waals surface area contributed by atoms with Gasteiger partial charge < -0.3 is 0 Å². The van der Waals surface area contributed by atoms with E-state index < -0.39 is 0 Å². The highest BCUT2D eigenvalue weighted by atomic mass is 79.9. The van der Waals surface area contributed by atoms with E-state index in [1.165, 1.54) is 0 Å². The maximum atomic E-state index is 4.85. The molecule has 0 aliphatic rings. The predicted octanol–water partition coefficient (Wildman–Crippen LogP) is 9.19. The monoisotopic (exact) mass is 634 g/mol. The Kier molecular flexibility index (Phi) is 8.36. The number of benzene rings is 3. The summed E-state index contributed by atoms with van der Waals surface area (Å²) in [5, 5.41) is 4.17. The molecule has 0 saturated carbocycles. The van der Waals surface area contributed by atoms with Crippen LogP contribution in [0.4, 0.5) is 0 Å². The first-order valence-corrected chi connectivity index (χ1v) is 11.6. The lowest BCUT2D eigenvalue weighted by atomic mass is 10.1. The van der Waals surface area contributed by atoms with E-state index in [-0.39, 0.29) is 34.0 Å². The fourth-order valence-corrected chi connectivity index (χ4v) is 5.54. The van der Waals surface area contributed by atoms with Crippen molar-refractivity contribution in [1.29, 1.82) is 0 Å². The zero-order chi connectivity index (χ0) is 19.6. The van der Waals surface area contributed by atoms with Gasteiger partial charge in [-0.05, 0) is 15.9 Å². The molecule has 0 radical (unpaired) electrons. The Hall–Kier alpha value is -1.64. The molecule has 2 aromatic heterocycles. The maximum Gasteiger partial charge on any atom is 0.125 e. The summed E-state index contributed by atoms with van der Waals surface area (Å²) in [7, 11) is 0. The molecule has 0 saturated heterocycles. The van der Waals surface area contributed by atoms with Gasteiger partial charge in [0.1, 0.15) is 10.0 Å². The Labute approximate surface area is 218 Å². The van der Waals surface area contributed by atoms with Gasteiger partial charge in [-0.25, -0.2) is 9.97 Å². The van der Waals surface area contributed by atoms with Crippen LogP contribution in [0.2, 0.25) is 0 Å². The van der Waals surface area contributed by atoms with Gasteiger partial charge in [-0.3, -0.25) is 0 Å². The van der Waals surface area contributed by atoms with Gasteiger partial charge in [0, 0.05) is 27.6 Å². The van der Waals surface area contributed by atoms with Gasteiger partial charge in [0.25, 0.3) is 0 Å². The molecule has 2 heterocycles. The zero-order valence-electron chi connectivity index (χ0n) is 16.1. The van der Waals surface area contributed by atoms with Crippen molar-refractivity contribution in [3.8, 4) is 43.7 Å². The van der Waals surface area contributed by atoms with E-state index in [4.69, 9.17) is 9.97 Å². The lowest BCUT2D eigenvalue weighted by molar-refractivity contribution is 1.38. The summed E-state index contributed by atoms with van der Waals surface area (Å²) >= 11 is 7.02. The summed E-state index contributed by atoms with van der Waals surface area (Å²) in [6.45, 7) is 0. The van der Waals surface area contributed by atoms with Crippen LogP contribution in [0.25, 0.3) is 43.7 Å². The minimum atomic E-state index is 0. The van der Waals surface area contributed by atoms with Crippen LogP contribution < -0.4 is 0 Å². The Morgan fingerprint density at radius 3 is 1.74 bits per heavy atom. The first-order valence-electron chi connectivity index (χ1n) is 9.11. The highest BCUT2D eigenvalue weighted by Gasteiger charge is 2.13. The van der Waals surface area contributed by atoms with E-state index >= 15 is 0 Å². The van der Waals surface area contributed by atoms with Crippen molar-refractivity contribution in [2.45, 2.75) is 0 Å². The molecule has 31 heavy (non-hydrogen) atoms. The van der Waals surface area contributed by atoms with Gasteiger partial charge in [-0.2, -0.15) is 0 Å². The summed E-state index contributed by atoms with van der Waals surface area (Å²) in [4.78, 5) is 9.66. The van der Waals surface area contributed by atoms with Crippen molar-refractivity contribution in [2.75, 3.05) is 0 Å². The van der Waals surface area contributed by atoms with E-state index in [0.29, 0.717) is 0 Å². The maximum absolute atomic E-state index is 4.85. The Morgan fingerprint density at radius 1 is 0.581 bits per heavy atom. The fraction of sp³-hybridized carbons (Fsp3) is 0. The third-order valence-electron chi connectivity index (χ3n) is 4.59. The molecule has 0 aliphatic heterocycles. The molecule has 156 valence electrons. The fourth-order valence-electron chi connectivity index (χ4n) is 3.10. The minimum absolute atomic E-state index is 0. The van der Waals surface area contributed by atoms with Crippen LogP contribution in [0, 0.1) is 0 Å². The smallest absolute Gasteiger partial charge is 0.125 e. The predicted molar refractivity (Wildman–Crippen MR) is 148 cm³/mol. The summed E-state index contributed by atoms with van der Waals surface area (Å²) < 4.78 is 1.05. The van der Waals surface area contributed by atoms with Crippen LogP contribution in [-0.2, 0) is 0 Å². The van der Waals surface area contributed by atoms with Crippen molar-refractivity contribution in [2.24, 2.45) is 0 Å². The number of aromatic nitrogens is 2. The molecule has 5 aromatic rings. The average Bonchev–Trinajstić information content (AvgIpc) is 3.43. The number of hydrogen-bond donors (Lipinski definition) is 0. The molecule has 0 N–H and O–H groups in total. The third-order valence-corrected chi connectivity index (χ3v) is 7.23. The van der Waals surface area contributed by atoms with Gasteiger partial charge in [0.2, 0.25) is 0 Å². The van der Waals surface area contributed by atoms with Crippen LogP contribution in [0.1, 0.15) is 0 Å². The second kappa shape index (κ2) is 10.8. The van der Waals surface area contributed by atoms with E-state index in [1.807, 2.05) is 36.4 Å². The summed E-state index contributed by atoms with van der Waals surface area (Å²) in [6.07, 6.45) is 0. The largest absolute Gasteiger partial charge is 0.236 e. The van der Waals surface area contributed by atoms with Gasteiger partial charge in [-0.1, -0.05) is 84.9 Å². The van der Waals surface area contributed by atoms with Crippen molar-refractivity contribution in [3.63, 3.8) is 0 Å². The van der Waals surface area contributed by atoms with Crippen molar-refractivity contribution in [1.82, 2.24) is 9.97 Å². The molecule has 3 aromatic carbocycles. The van der Waals surface area contributed by atoms with Crippen molar-refractivity contribution < 1.29 is 0 Å². The molecule has 0 spiro atoms. The van der Waals surface area contributed by atoms with Gasteiger partial charge in [0.05, 0.1) is 15.2 Å². The molecular formula is C24H17Br3N2S2. The van der Waals surface area contributed by atoms with Gasteiger partial charge >= 0.3 is 0 Å². The number of thiazole rings is 2. The molecule has 2 nitrogen and oxygen atoms in total. The number of halogens is 3. The van der Waals surface area contributed by atoms with Crippen molar-refractivity contribution in [3.05, 3.63) is 94.1 Å². The highest BCUT2D eigenvalue weighted by molar-refractivity contribution is 9.11. The van der Waals surface area contributed by atoms with E-state index in [0.717, 1.165) is 47.4 Å². The molecule has 0 unspecified atom stereocenters. The second-order valence-electron chi connectivity index (χ2n) is 6.49. The molecule has 0 aliphatic carbocycles. The standard InChI is InChI=1S/C24H15BrN2S2.2BrH/c25-22-21(27-24(29-22)19-9-5-2-6-10-19)17-13-11-16(12-14-17)20-15-28-23(26-20)18-7-3-1-4-8-18;;/h1-15H;2*1H. The average molecular weight is 637 g/mol. The topological polar surface area (TPSA) is 25.8 Å². The van der Waals surface area contributed by atoms with Crippen LogP contribution in [0.5, 0.6) is 0 Å². The number of hydrogen-bond acceptors (Lipinski definition) is 4. The summed E-state index contributed by atoms with van der Waals surface area (Å²) in [5.74, 6) is 0. The quantitative estimate of drug-likeness (QED) is 0.197. The van der Waals surface area contributed by atoms with Crippen LogP contribution in [-0.4, -0.2) is 9.97 Å². The first kappa shape index (κ1) is 24.0. The molecular weight excluding hydrogens is 620 g/mol. The van der Waals surface area contributed by atoms with E-state index in [9.17, 15) is 0 Å². The SMILES string of the molecule is Br.Br.Brc1sc(-c2ccccc2)nc1-c1ccc(-c2csc(-c3ccccc3)n2)cc1. The van der Waals surface area contributed by atoms with Gasteiger partial charge in [-0.15, -0.1) is 56.6 Å². The Bertz CT molecular complexity index is 1250. The zero-order valence-corrected chi connectivity index (χ0v) is 22.7. The molecule has 0 bridgehead atoms. The lowest BCUT2D eigenvalue weighted by Crippen LogP contribution is -1.83. The number of nitrogens with zero attached hydrogens (tertiary/aromatic N) is 2. The highest BCUT2D eigenvalue weighted by Crippen LogP contribution is 2.38. The van der Waals surface area contributed by atoms with Crippen molar-refractivity contribution >= 4 is 72.6 Å². The van der Waals surface area contributed by atoms with Crippen LogP contribution in [0.3, 0.4) is 0 Å². The Morgan fingerprint density at radius 2 is 1.13 bits per heavy atom. The second-order valence-corrected chi connectivity index (χ2v) is 9.66. The molecule has 0 fully saturated rings. The third kappa shape index (κ3) is 5.23. The minimum Gasteiger partial charge on any atom is -0.236 e. The normalized spacial score (nSPS) is 10.2. The molecule has 0 atom stereocenters. The van der Waals surface area contributed by atoms with Gasteiger partial charge in [0.15, 0.2) is 0 Å². The Balaban J connectivity index is 0.00000136. The van der Waals surface area contributed by atoms with E-state index in [2.05, 4.69) is 69.8 Å². The lowest BCUT2D eigenvalue weighted by Gasteiger charge is -2.01. The number of rotatable bonds is 4. The van der Waals surface area contributed by atoms with Crippen LogP contribution >= 0.6 is 72.6 Å². The molecule has 5 rings (SSSR count).